The SMILES string of the molecule is CC1OC(c2cnc([C@](C)(O)CO)cn2)O1. The van der Waals surface area contributed by atoms with Crippen LogP contribution in [0.2, 0.25) is 0 Å². The lowest BCUT2D eigenvalue weighted by Gasteiger charge is -2.33. The average molecular weight is 226 g/mol. The number of ether oxygens (including phenoxy) is 2. The second-order valence-corrected chi connectivity index (χ2v) is 3.93. The zero-order valence-corrected chi connectivity index (χ0v) is 9.12. The minimum Gasteiger partial charge on any atom is -0.393 e. The fraction of sp³-hybridized carbons (Fsp3) is 0.600. The molecule has 1 atom stereocenters. The maximum atomic E-state index is 9.72. The molecule has 2 rings (SSSR count). The van der Waals surface area contributed by atoms with Crippen LogP contribution in [-0.2, 0) is 15.1 Å². The Morgan fingerprint density at radius 3 is 2.50 bits per heavy atom. The Balaban J connectivity index is 2.11. The third-order valence-corrected chi connectivity index (χ3v) is 2.40. The van der Waals surface area contributed by atoms with Crippen LogP contribution >= 0.6 is 0 Å². The Bertz CT molecular complexity index is 360. The van der Waals surface area contributed by atoms with E-state index in [0.29, 0.717) is 11.4 Å². The molecule has 6 nitrogen and oxygen atoms in total. The molecule has 0 unspecified atom stereocenters. The quantitative estimate of drug-likeness (QED) is 0.758. The first-order chi connectivity index (χ1) is 7.53. The second kappa shape index (κ2) is 4.06. The number of hydrogen-bond acceptors (Lipinski definition) is 6. The summed E-state index contributed by atoms with van der Waals surface area (Å²) < 4.78 is 10.5. The van der Waals surface area contributed by atoms with E-state index in [1.807, 2.05) is 0 Å². The summed E-state index contributed by atoms with van der Waals surface area (Å²) in [6.45, 7) is 2.85. The lowest BCUT2D eigenvalue weighted by Crippen LogP contribution is -2.33. The maximum absolute atomic E-state index is 9.72. The molecule has 0 radical (unpaired) electrons. The Morgan fingerprint density at radius 2 is 2.06 bits per heavy atom. The van der Waals surface area contributed by atoms with Crippen molar-refractivity contribution in [2.45, 2.75) is 32.0 Å². The highest BCUT2D eigenvalue weighted by molar-refractivity contribution is 5.10. The van der Waals surface area contributed by atoms with E-state index in [0.717, 1.165) is 0 Å². The first kappa shape index (κ1) is 11.4. The van der Waals surface area contributed by atoms with Crippen molar-refractivity contribution in [2.24, 2.45) is 0 Å². The van der Waals surface area contributed by atoms with E-state index >= 15 is 0 Å². The molecule has 0 spiro atoms. The van der Waals surface area contributed by atoms with Gasteiger partial charge in [0.2, 0.25) is 6.29 Å². The summed E-state index contributed by atoms with van der Waals surface area (Å²) in [6, 6.07) is 0. The van der Waals surface area contributed by atoms with E-state index in [4.69, 9.17) is 14.6 Å². The van der Waals surface area contributed by atoms with Crippen LogP contribution in [0.3, 0.4) is 0 Å². The third kappa shape index (κ3) is 2.05. The minimum absolute atomic E-state index is 0.216. The standard InChI is InChI=1S/C10H14N2O4/c1-6-15-9(16-6)7-3-12-8(4-11-7)10(2,14)5-13/h3-4,6,9,13-14H,5H2,1-2H3/t6?,9?,10-/m1/s1. The number of rotatable bonds is 3. The third-order valence-electron chi connectivity index (χ3n) is 2.40. The molecule has 0 aromatic carbocycles. The van der Waals surface area contributed by atoms with Gasteiger partial charge in [-0.3, -0.25) is 9.97 Å². The van der Waals surface area contributed by atoms with Gasteiger partial charge in [-0.2, -0.15) is 0 Å². The van der Waals surface area contributed by atoms with E-state index < -0.39 is 18.5 Å². The van der Waals surface area contributed by atoms with Crippen LogP contribution in [0.15, 0.2) is 12.4 Å². The van der Waals surface area contributed by atoms with Gasteiger partial charge in [0.25, 0.3) is 0 Å². The Kier molecular flexibility index (Phi) is 2.90. The summed E-state index contributed by atoms with van der Waals surface area (Å²) >= 11 is 0. The van der Waals surface area contributed by atoms with Gasteiger partial charge in [-0.05, 0) is 13.8 Å². The highest BCUT2D eigenvalue weighted by Crippen LogP contribution is 2.29. The topological polar surface area (TPSA) is 84.7 Å². The number of aliphatic hydroxyl groups excluding tert-OH is 1. The number of hydrogen-bond donors (Lipinski definition) is 2. The van der Waals surface area contributed by atoms with E-state index in [2.05, 4.69) is 9.97 Å². The summed E-state index contributed by atoms with van der Waals surface area (Å²) in [5.41, 5.74) is -0.512. The van der Waals surface area contributed by atoms with Gasteiger partial charge < -0.3 is 19.7 Å². The first-order valence-corrected chi connectivity index (χ1v) is 4.99. The molecule has 0 aliphatic carbocycles. The summed E-state index contributed by atoms with van der Waals surface area (Å²) in [6.07, 6.45) is 2.18. The van der Waals surface area contributed by atoms with Gasteiger partial charge in [0.15, 0.2) is 6.29 Å². The van der Waals surface area contributed by atoms with Crippen LogP contribution < -0.4 is 0 Å². The van der Waals surface area contributed by atoms with Crippen LogP contribution in [-0.4, -0.2) is 33.1 Å². The van der Waals surface area contributed by atoms with Crippen molar-refractivity contribution in [1.29, 1.82) is 0 Å². The van der Waals surface area contributed by atoms with Gasteiger partial charge in [0, 0.05) is 0 Å². The molecule has 1 aliphatic heterocycles. The Labute approximate surface area is 92.9 Å². The molecule has 1 saturated heterocycles. The molecule has 16 heavy (non-hydrogen) atoms. The summed E-state index contributed by atoms with van der Waals surface area (Å²) in [7, 11) is 0. The zero-order chi connectivity index (χ0) is 11.8. The van der Waals surface area contributed by atoms with Crippen molar-refractivity contribution in [2.75, 3.05) is 6.61 Å². The van der Waals surface area contributed by atoms with Crippen LogP contribution in [0.4, 0.5) is 0 Å². The maximum Gasteiger partial charge on any atom is 0.207 e. The fourth-order valence-corrected chi connectivity index (χ4v) is 1.32. The van der Waals surface area contributed by atoms with Gasteiger partial charge in [-0.1, -0.05) is 0 Å². The highest BCUT2D eigenvalue weighted by atomic mass is 16.9. The van der Waals surface area contributed by atoms with Crippen molar-refractivity contribution in [3.05, 3.63) is 23.8 Å². The van der Waals surface area contributed by atoms with Crippen LogP contribution in [0.5, 0.6) is 0 Å². The molecule has 88 valence electrons. The molecule has 2 N–H and O–H groups in total. The lowest BCUT2D eigenvalue weighted by molar-refractivity contribution is -0.384. The number of nitrogens with zero attached hydrogens (tertiary/aromatic N) is 2. The average Bonchev–Trinajstić information content (AvgIpc) is 2.25. The number of aromatic nitrogens is 2. The molecule has 1 fully saturated rings. The van der Waals surface area contributed by atoms with Gasteiger partial charge in [-0.15, -0.1) is 0 Å². The fourth-order valence-electron chi connectivity index (χ4n) is 1.32. The van der Waals surface area contributed by atoms with Crippen molar-refractivity contribution >= 4 is 0 Å². The molecule has 2 heterocycles. The lowest BCUT2D eigenvalue weighted by atomic mass is 10.0. The molecular formula is C10H14N2O4. The zero-order valence-electron chi connectivity index (χ0n) is 9.12. The van der Waals surface area contributed by atoms with Crippen molar-refractivity contribution in [3.8, 4) is 0 Å². The van der Waals surface area contributed by atoms with E-state index in [-0.39, 0.29) is 6.29 Å². The van der Waals surface area contributed by atoms with Gasteiger partial charge in [0.1, 0.15) is 11.3 Å². The van der Waals surface area contributed by atoms with Crippen molar-refractivity contribution in [3.63, 3.8) is 0 Å². The van der Waals surface area contributed by atoms with E-state index in [9.17, 15) is 5.11 Å². The molecular weight excluding hydrogens is 212 g/mol. The molecule has 0 saturated carbocycles. The Hall–Kier alpha value is -1.08. The van der Waals surface area contributed by atoms with Crippen LogP contribution in [0.25, 0.3) is 0 Å². The summed E-state index contributed by atoms with van der Waals surface area (Å²) in [4.78, 5) is 8.08. The van der Waals surface area contributed by atoms with Crippen LogP contribution in [0, 0.1) is 0 Å². The van der Waals surface area contributed by atoms with Crippen molar-refractivity contribution in [1.82, 2.24) is 9.97 Å². The molecule has 1 aromatic heterocycles. The van der Waals surface area contributed by atoms with E-state index in [1.54, 1.807) is 6.92 Å². The van der Waals surface area contributed by atoms with Gasteiger partial charge in [0.05, 0.1) is 24.7 Å². The smallest absolute Gasteiger partial charge is 0.207 e. The van der Waals surface area contributed by atoms with Gasteiger partial charge >= 0.3 is 0 Å². The highest BCUT2D eigenvalue weighted by Gasteiger charge is 2.31. The van der Waals surface area contributed by atoms with Crippen LogP contribution in [0.1, 0.15) is 31.5 Å². The Morgan fingerprint density at radius 1 is 1.38 bits per heavy atom. The van der Waals surface area contributed by atoms with Gasteiger partial charge in [-0.25, -0.2) is 0 Å². The van der Waals surface area contributed by atoms with Crippen molar-refractivity contribution < 1.29 is 19.7 Å². The predicted octanol–water partition coefficient (Wildman–Crippen LogP) is 0.0678. The second-order valence-electron chi connectivity index (χ2n) is 3.93. The molecule has 0 amide bonds. The van der Waals surface area contributed by atoms with E-state index in [1.165, 1.54) is 19.3 Å². The molecule has 1 aliphatic rings. The molecule has 6 heteroatoms. The first-order valence-electron chi connectivity index (χ1n) is 4.99. The summed E-state index contributed by atoms with van der Waals surface area (Å²) in [5.74, 6) is 0. The number of aliphatic hydroxyl groups is 2. The summed E-state index contributed by atoms with van der Waals surface area (Å²) in [5, 5.41) is 18.7. The predicted molar refractivity (Wildman–Crippen MR) is 53.1 cm³/mol. The molecule has 0 bridgehead atoms. The normalized spacial score (nSPS) is 28.2. The largest absolute Gasteiger partial charge is 0.393 e. The minimum atomic E-state index is -1.37. The monoisotopic (exact) mass is 226 g/mol. The molecule has 1 aromatic rings.